The van der Waals surface area contributed by atoms with Crippen LogP contribution < -0.4 is 0 Å². The SMILES string of the molecule is COC(=O)C1CC(C=C(Br)C(F)(F)F)C1(C)C. The van der Waals surface area contributed by atoms with Gasteiger partial charge < -0.3 is 4.74 Å². The van der Waals surface area contributed by atoms with Gasteiger partial charge in [-0.25, -0.2) is 0 Å². The predicted octanol–water partition coefficient (Wildman–Crippen LogP) is 3.66. The summed E-state index contributed by atoms with van der Waals surface area (Å²) in [5.41, 5.74) is -0.503. The summed E-state index contributed by atoms with van der Waals surface area (Å²) in [7, 11) is 1.28. The third kappa shape index (κ3) is 2.84. The molecule has 0 saturated heterocycles. The zero-order valence-corrected chi connectivity index (χ0v) is 11.4. The van der Waals surface area contributed by atoms with Crippen LogP contribution in [0.5, 0.6) is 0 Å². The van der Waals surface area contributed by atoms with Crippen molar-refractivity contribution in [1.29, 1.82) is 0 Å². The Labute approximate surface area is 106 Å². The predicted molar refractivity (Wildman–Crippen MR) is 60.5 cm³/mol. The van der Waals surface area contributed by atoms with Crippen LogP contribution in [-0.2, 0) is 9.53 Å². The minimum Gasteiger partial charge on any atom is -0.469 e. The first-order valence-corrected chi connectivity index (χ1v) is 5.92. The van der Waals surface area contributed by atoms with E-state index in [2.05, 4.69) is 20.7 Å². The minimum absolute atomic E-state index is 0.275. The highest BCUT2D eigenvalue weighted by Crippen LogP contribution is 2.53. The molecule has 0 amide bonds. The Balaban J connectivity index is 2.77. The van der Waals surface area contributed by atoms with Gasteiger partial charge in [0, 0.05) is 0 Å². The summed E-state index contributed by atoms with van der Waals surface area (Å²) in [6, 6.07) is 0. The van der Waals surface area contributed by atoms with E-state index in [9.17, 15) is 18.0 Å². The van der Waals surface area contributed by atoms with E-state index < -0.39 is 16.1 Å². The van der Waals surface area contributed by atoms with Crippen molar-refractivity contribution in [3.63, 3.8) is 0 Å². The summed E-state index contributed by atoms with van der Waals surface area (Å²) in [4.78, 5) is 11.4. The third-order valence-electron chi connectivity index (χ3n) is 3.45. The van der Waals surface area contributed by atoms with Crippen molar-refractivity contribution in [2.75, 3.05) is 7.11 Å². The molecule has 0 bridgehead atoms. The van der Waals surface area contributed by atoms with Gasteiger partial charge in [-0.3, -0.25) is 4.79 Å². The monoisotopic (exact) mass is 314 g/mol. The Morgan fingerprint density at radius 1 is 1.47 bits per heavy atom. The fourth-order valence-corrected chi connectivity index (χ4v) is 2.37. The van der Waals surface area contributed by atoms with Gasteiger partial charge in [-0.1, -0.05) is 19.9 Å². The molecule has 1 saturated carbocycles. The molecule has 6 heteroatoms. The molecule has 0 aliphatic heterocycles. The van der Waals surface area contributed by atoms with Crippen molar-refractivity contribution in [2.24, 2.45) is 17.3 Å². The average molecular weight is 315 g/mol. The number of hydrogen-bond donors (Lipinski definition) is 0. The first-order valence-electron chi connectivity index (χ1n) is 5.13. The van der Waals surface area contributed by atoms with Crippen LogP contribution in [-0.4, -0.2) is 19.3 Å². The Morgan fingerprint density at radius 2 is 2.00 bits per heavy atom. The highest BCUT2D eigenvalue weighted by molar-refractivity contribution is 9.11. The molecule has 0 aromatic heterocycles. The summed E-state index contributed by atoms with van der Waals surface area (Å²) in [5, 5.41) is 0. The van der Waals surface area contributed by atoms with Crippen LogP contribution in [0.3, 0.4) is 0 Å². The molecular formula is C11H14BrF3O2. The van der Waals surface area contributed by atoms with Crippen molar-refractivity contribution in [3.8, 4) is 0 Å². The number of esters is 1. The summed E-state index contributed by atoms with van der Waals surface area (Å²) in [6.45, 7) is 3.55. The van der Waals surface area contributed by atoms with Crippen LogP contribution in [0.1, 0.15) is 20.3 Å². The molecule has 17 heavy (non-hydrogen) atoms. The molecule has 1 aliphatic carbocycles. The van der Waals surface area contributed by atoms with E-state index in [0.717, 1.165) is 6.08 Å². The van der Waals surface area contributed by atoms with Crippen molar-refractivity contribution >= 4 is 21.9 Å². The number of carbonyl (C=O) groups is 1. The minimum atomic E-state index is -4.37. The quantitative estimate of drug-likeness (QED) is 0.727. The smallest absolute Gasteiger partial charge is 0.422 e. The van der Waals surface area contributed by atoms with Gasteiger partial charge in [-0.05, 0) is 33.7 Å². The van der Waals surface area contributed by atoms with Crippen LogP contribution >= 0.6 is 15.9 Å². The molecule has 2 unspecified atom stereocenters. The number of rotatable bonds is 2. The Hall–Kier alpha value is -0.520. The second-order valence-corrected chi connectivity index (χ2v) is 5.61. The van der Waals surface area contributed by atoms with E-state index in [1.807, 2.05) is 0 Å². The van der Waals surface area contributed by atoms with Crippen LogP contribution in [0.2, 0.25) is 0 Å². The summed E-state index contributed by atoms with van der Waals surface area (Å²) in [6.07, 6.45) is -2.84. The van der Waals surface area contributed by atoms with Gasteiger partial charge in [0.2, 0.25) is 0 Å². The maximum Gasteiger partial charge on any atom is 0.422 e. The highest BCUT2D eigenvalue weighted by Gasteiger charge is 2.52. The largest absolute Gasteiger partial charge is 0.469 e. The Kier molecular flexibility index (Phi) is 3.96. The number of methoxy groups -OCH3 is 1. The van der Waals surface area contributed by atoms with E-state index in [1.54, 1.807) is 13.8 Å². The van der Waals surface area contributed by atoms with Crippen molar-refractivity contribution < 1.29 is 22.7 Å². The molecule has 2 nitrogen and oxygen atoms in total. The van der Waals surface area contributed by atoms with Gasteiger partial charge in [0.1, 0.15) is 0 Å². The van der Waals surface area contributed by atoms with Crippen LogP contribution in [0, 0.1) is 17.3 Å². The van der Waals surface area contributed by atoms with E-state index in [0.29, 0.717) is 6.42 Å². The lowest BCUT2D eigenvalue weighted by molar-refractivity contribution is -0.160. The average Bonchev–Trinajstić information content (AvgIpc) is 2.20. The zero-order valence-electron chi connectivity index (χ0n) is 9.77. The molecule has 0 spiro atoms. The van der Waals surface area contributed by atoms with Gasteiger partial charge in [0.25, 0.3) is 0 Å². The van der Waals surface area contributed by atoms with Gasteiger partial charge in [0.05, 0.1) is 17.5 Å². The molecule has 98 valence electrons. The van der Waals surface area contributed by atoms with Gasteiger partial charge in [0.15, 0.2) is 0 Å². The fourth-order valence-electron chi connectivity index (χ4n) is 2.06. The summed E-state index contributed by atoms with van der Waals surface area (Å²) >= 11 is 2.52. The molecule has 0 heterocycles. The lowest BCUT2D eigenvalue weighted by Crippen LogP contribution is -2.48. The standard InChI is InChI=1S/C11H14BrF3O2/c1-10(2)6(4-7(10)9(16)17-3)5-8(12)11(13,14)15/h5-7H,4H2,1-3H3. The van der Waals surface area contributed by atoms with Crippen LogP contribution in [0.15, 0.2) is 10.6 Å². The van der Waals surface area contributed by atoms with Crippen molar-refractivity contribution in [3.05, 3.63) is 10.6 Å². The molecule has 1 fully saturated rings. The Morgan fingerprint density at radius 3 is 2.35 bits per heavy atom. The summed E-state index contributed by atoms with van der Waals surface area (Å²) in [5.74, 6) is -0.965. The molecule has 1 rings (SSSR count). The topological polar surface area (TPSA) is 26.3 Å². The number of hydrogen-bond acceptors (Lipinski definition) is 2. The molecule has 0 aromatic rings. The third-order valence-corrected chi connectivity index (χ3v) is 4.16. The van der Waals surface area contributed by atoms with Crippen LogP contribution in [0.25, 0.3) is 0 Å². The first kappa shape index (κ1) is 14.5. The second kappa shape index (κ2) is 4.63. The number of allylic oxidation sites excluding steroid dienone is 2. The lowest BCUT2D eigenvalue weighted by atomic mass is 9.54. The van der Waals surface area contributed by atoms with E-state index in [4.69, 9.17) is 0 Å². The van der Waals surface area contributed by atoms with Gasteiger partial charge >= 0.3 is 12.1 Å². The van der Waals surface area contributed by atoms with E-state index in [-0.39, 0.29) is 17.8 Å². The Bertz CT molecular complexity index is 347. The fraction of sp³-hybridized carbons (Fsp3) is 0.727. The van der Waals surface area contributed by atoms with Crippen molar-refractivity contribution in [2.45, 2.75) is 26.4 Å². The van der Waals surface area contributed by atoms with Crippen molar-refractivity contribution in [1.82, 2.24) is 0 Å². The van der Waals surface area contributed by atoms with Gasteiger partial charge in [-0.2, -0.15) is 13.2 Å². The number of halogens is 4. The normalized spacial score (nSPS) is 28.5. The number of alkyl halides is 3. The first-order chi connectivity index (χ1) is 7.60. The zero-order chi connectivity index (χ0) is 13.4. The maximum absolute atomic E-state index is 12.3. The molecule has 0 N–H and O–H groups in total. The highest BCUT2D eigenvalue weighted by atomic mass is 79.9. The summed E-state index contributed by atoms with van der Waals surface area (Å²) < 4.78 is 40.8. The lowest BCUT2D eigenvalue weighted by Gasteiger charge is -2.49. The molecular weight excluding hydrogens is 301 g/mol. The molecule has 1 aliphatic rings. The molecule has 0 aromatic carbocycles. The number of carbonyl (C=O) groups excluding carboxylic acids is 1. The van der Waals surface area contributed by atoms with Gasteiger partial charge in [-0.15, -0.1) is 0 Å². The second-order valence-electron chi connectivity index (χ2n) is 4.75. The van der Waals surface area contributed by atoms with E-state index in [1.165, 1.54) is 7.11 Å². The molecule has 2 atom stereocenters. The van der Waals surface area contributed by atoms with Crippen LogP contribution in [0.4, 0.5) is 13.2 Å². The molecule has 0 radical (unpaired) electrons. The van der Waals surface area contributed by atoms with E-state index >= 15 is 0 Å². The maximum atomic E-state index is 12.3. The number of ether oxygens (including phenoxy) is 1.